The Kier molecular flexibility index (Phi) is 2.69. The molecule has 0 amide bonds. The topological polar surface area (TPSA) is 52.6 Å². The second-order valence-electron chi connectivity index (χ2n) is 3.59. The van der Waals surface area contributed by atoms with E-state index in [2.05, 4.69) is 10.2 Å². The molecule has 0 aromatic heterocycles. The highest BCUT2D eigenvalue weighted by atomic mass is 16.4. The smallest absolute Gasteiger partial charge is 0.305 e. The van der Waals surface area contributed by atoms with Crippen molar-refractivity contribution in [1.82, 2.24) is 10.2 Å². The van der Waals surface area contributed by atoms with Crippen molar-refractivity contribution in [3.8, 4) is 0 Å². The lowest BCUT2D eigenvalue weighted by Gasteiger charge is -2.26. The minimum Gasteiger partial charge on any atom is -0.481 e. The molecule has 1 aliphatic heterocycles. The molecule has 1 aliphatic rings. The first kappa shape index (κ1) is 9.48. The summed E-state index contributed by atoms with van der Waals surface area (Å²) in [6, 6.07) is 0. The fourth-order valence-electron chi connectivity index (χ4n) is 1.81. The Morgan fingerprint density at radius 3 is 2.75 bits per heavy atom. The van der Waals surface area contributed by atoms with E-state index in [1.165, 1.54) is 0 Å². The van der Waals surface area contributed by atoms with Crippen molar-refractivity contribution in [3.63, 3.8) is 0 Å². The van der Waals surface area contributed by atoms with Crippen LogP contribution < -0.4 is 5.32 Å². The molecular weight excluding hydrogens is 156 g/mol. The maximum Gasteiger partial charge on any atom is 0.305 e. The maximum absolute atomic E-state index is 10.6. The van der Waals surface area contributed by atoms with E-state index >= 15 is 0 Å². The van der Waals surface area contributed by atoms with Gasteiger partial charge in [-0.15, -0.1) is 0 Å². The third-order valence-corrected chi connectivity index (χ3v) is 2.56. The minimum atomic E-state index is -0.723. The number of carboxylic acids is 1. The lowest BCUT2D eigenvalue weighted by atomic mass is 9.95. The van der Waals surface area contributed by atoms with Crippen LogP contribution in [0.2, 0.25) is 0 Å². The van der Waals surface area contributed by atoms with Crippen molar-refractivity contribution in [2.75, 3.05) is 27.2 Å². The number of carboxylic acid groups (broad SMARTS) is 1. The molecule has 12 heavy (non-hydrogen) atoms. The van der Waals surface area contributed by atoms with Gasteiger partial charge in [0, 0.05) is 12.1 Å². The predicted octanol–water partition coefficient (Wildman–Crippen LogP) is -0.245. The largest absolute Gasteiger partial charge is 0.481 e. The summed E-state index contributed by atoms with van der Waals surface area (Å²) >= 11 is 0. The Morgan fingerprint density at radius 2 is 2.42 bits per heavy atom. The van der Waals surface area contributed by atoms with Gasteiger partial charge >= 0.3 is 5.97 Å². The summed E-state index contributed by atoms with van der Waals surface area (Å²) in [5, 5.41) is 11.8. The van der Waals surface area contributed by atoms with Crippen LogP contribution in [0.25, 0.3) is 0 Å². The van der Waals surface area contributed by atoms with Crippen molar-refractivity contribution in [2.24, 2.45) is 0 Å². The zero-order valence-electron chi connectivity index (χ0n) is 7.63. The highest BCUT2D eigenvalue weighted by Crippen LogP contribution is 2.22. The average molecular weight is 172 g/mol. The molecule has 0 radical (unpaired) electrons. The van der Waals surface area contributed by atoms with Gasteiger partial charge in [0.05, 0.1) is 6.42 Å². The molecular formula is C8H16N2O2. The van der Waals surface area contributed by atoms with Gasteiger partial charge in [-0.25, -0.2) is 0 Å². The Labute approximate surface area is 72.6 Å². The van der Waals surface area contributed by atoms with E-state index in [4.69, 9.17) is 5.11 Å². The molecule has 0 aromatic carbocycles. The highest BCUT2D eigenvalue weighted by molar-refractivity contribution is 5.68. The Morgan fingerprint density at radius 1 is 1.75 bits per heavy atom. The molecule has 1 saturated heterocycles. The average Bonchev–Trinajstić information content (AvgIpc) is 2.32. The fraction of sp³-hybridized carbons (Fsp3) is 0.875. The number of rotatable bonds is 3. The van der Waals surface area contributed by atoms with Gasteiger partial charge in [-0.05, 0) is 27.1 Å². The normalized spacial score (nSPS) is 30.8. The van der Waals surface area contributed by atoms with Gasteiger partial charge in [0.25, 0.3) is 0 Å². The van der Waals surface area contributed by atoms with Crippen LogP contribution in [-0.2, 0) is 4.79 Å². The first-order valence-electron chi connectivity index (χ1n) is 4.17. The minimum absolute atomic E-state index is 0.194. The molecule has 1 atom stereocenters. The van der Waals surface area contributed by atoms with E-state index in [1.54, 1.807) is 0 Å². The molecule has 1 heterocycles. The second kappa shape index (κ2) is 3.41. The first-order valence-corrected chi connectivity index (χ1v) is 4.17. The van der Waals surface area contributed by atoms with Gasteiger partial charge in [-0.1, -0.05) is 0 Å². The number of hydrogen-bond donors (Lipinski definition) is 2. The zero-order valence-corrected chi connectivity index (χ0v) is 7.63. The van der Waals surface area contributed by atoms with E-state index < -0.39 is 5.97 Å². The third kappa shape index (κ3) is 1.95. The van der Waals surface area contributed by atoms with Crippen LogP contribution in [0.3, 0.4) is 0 Å². The van der Waals surface area contributed by atoms with Gasteiger partial charge < -0.3 is 15.3 Å². The van der Waals surface area contributed by atoms with Gasteiger partial charge in [-0.3, -0.25) is 4.79 Å². The van der Waals surface area contributed by atoms with Crippen LogP contribution in [0.5, 0.6) is 0 Å². The molecule has 4 heteroatoms. The quantitative estimate of drug-likeness (QED) is 0.616. The molecule has 0 bridgehead atoms. The summed E-state index contributed by atoms with van der Waals surface area (Å²) in [7, 11) is 3.85. The van der Waals surface area contributed by atoms with E-state index in [0.29, 0.717) is 0 Å². The predicted molar refractivity (Wildman–Crippen MR) is 46.2 cm³/mol. The number of carbonyl (C=O) groups is 1. The summed E-state index contributed by atoms with van der Waals surface area (Å²) in [5.74, 6) is -0.723. The highest BCUT2D eigenvalue weighted by Gasteiger charge is 2.36. The Hall–Kier alpha value is -0.610. The van der Waals surface area contributed by atoms with Crippen LogP contribution in [0.1, 0.15) is 12.8 Å². The zero-order chi connectivity index (χ0) is 9.19. The van der Waals surface area contributed by atoms with E-state index in [9.17, 15) is 4.79 Å². The molecule has 0 saturated carbocycles. The summed E-state index contributed by atoms with van der Waals surface area (Å²) in [6.07, 6.45) is 1.14. The number of nitrogens with one attached hydrogen (secondary N) is 1. The van der Waals surface area contributed by atoms with Gasteiger partial charge in [0.1, 0.15) is 0 Å². The SMILES string of the molecule is CNC1(CC(=O)O)CCN(C)C1. The molecule has 0 aliphatic carbocycles. The van der Waals surface area contributed by atoms with E-state index in [1.807, 2.05) is 14.1 Å². The molecule has 1 fully saturated rings. The van der Waals surface area contributed by atoms with Gasteiger partial charge in [0.15, 0.2) is 0 Å². The number of aliphatic carboxylic acids is 1. The van der Waals surface area contributed by atoms with E-state index in [-0.39, 0.29) is 12.0 Å². The Bertz CT molecular complexity index is 184. The molecule has 1 unspecified atom stereocenters. The standard InChI is InChI=1S/C8H16N2O2/c1-9-8(5-7(11)12)3-4-10(2)6-8/h9H,3-6H2,1-2H3,(H,11,12). The lowest BCUT2D eigenvalue weighted by molar-refractivity contribution is -0.138. The number of likely N-dealkylation sites (tertiary alicyclic amines) is 1. The molecule has 70 valence electrons. The first-order chi connectivity index (χ1) is 5.58. The Balaban J connectivity index is 2.58. The second-order valence-corrected chi connectivity index (χ2v) is 3.59. The van der Waals surface area contributed by atoms with Crippen LogP contribution in [0.4, 0.5) is 0 Å². The maximum atomic E-state index is 10.6. The summed E-state index contributed by atoms with van der Waals surface area (Å²) in [6.45, 7) is 1.81. The van der Waals surface area contributed by atoms with Crippen LogP contribution in [-0.4, -0.2) is 48.7 Å². The molecule has 0 spiro atoms. The van der Waals surface area contributed by atoms with Crippen LogP contribution >= 0.6 is 0 Å². The number of likely N-dealkylation sites (N-methyl/N-ethyl adjacent to an activating group) is 2. The van der Waals surface area contributed by atoms with Crippen LogP contribution in [0, 0.1) is 0 Å². The summed E-state index contributed by atoms with van der Waals surface area (Å²) < 4.78 is 0. The monoisotopic (exact) mass is 172 g/mol. The molecule has 1 rings (SSSR count). The van der Waals surface area contributed by atoms with Gasteiger partial charge in [-0.2, -0.15) is 0 Å². The van der Waals surface area contributed by atoms with Crippen molar-refractivity contribution >= 4 is 5.97 Å². The van der Waals surface area contributed by atoms with Crippen molar-refractivity contribution < 1.29 is 9.90 Å². The van der Waals surface area contributed by atoms with Crippen molar-refractivity contribution in [2.45, 2.75) is 18.4 Å². The van der Waals surface area contributed by atoms with E-state index in [0.717, 1.165) is 19.5 Å². The van der Waals surface area contributed by atoms with Crippen molar-refractivity contribution in [3.05, 3.63) is 0 Å². The molecule has 2 N–H and O–H groups in total. The third-order valence-electron chi connectivity index (χ3n) is 2.56. The molecule has 0 aromatic rings. The number of nitrogens with zero attached hydrogens (tertiary/aromatic N) is 1. The summed E-state index contributed by atoms with van der Waals surface area (Å²) in [4.78, 5) is 12.7. The number of hydrogen-bond acceptors (Lipinski definition) is 3. The van der Waals surface area contributed by atoms with Crippen molar-refractivity contribution in [1.29, 1.82) is 0 Å². The molecule has 4 nitrogen and oxygen atoms in total. The summed E-state index contributed by atoms with van der Waals surface area (Å²) in [5.41, 5.74) is -0.194. The van der Waals surface area contributed by atoms with Gasteiger partial charge in [0.2, 0.25) is 0 Å². The lowest BCUT2D eigenvalue weighted by Crippen LogP contribution is -2.46. The van der Waals surface area contributed by atoms with Crippen LogP contribution in [0.15, 0.2) is 0 Å². The fourth-order valence-corrected chi connectivity index (χ4v) is 1.81.